The molecule has 58 valence electrons. The Hall–Kier alpha value is -1.31. The molecule has 1 aromatic heterocycles. The predicted octanol–water partition coefficient (Wildman–Crippen LogP) is 2.01. The molecular weight excluding hydrogens is 136 g/mol. The minimum absolute atomic E-state index is 0.701. The van der Waals surface area contributed by atoms with Gasteiger partial charge >= 0.3 is 0 Å². The lowest BCUT2D eigenvalue weighted by molar-refractivity contribution is 1.22. The molecular formula is C9H12N2. The standard InChI is InChI=1S/C9H12N2/c1-6(2)9-7(3)4-8(10)5-11-9/h4-5H,1,10H2,2-3H3. The summed E-state index contributed by atoms with van der Waals surface area (Å²) in [6, 6.07) is 1.90. The summed E-state index contributed by atoms with van der Waals surface area (Å²) in [5.41, 5.74) is 9.24. The predicted molar refractivity (Wildman–Crippen MR) is 48.1 cm³/mol. The van der Waals surface area contributed by atoms with Crippen molar-refractivity contribution in [2.75, 3.05) is 5.73 Å². The van der Waals surface area contributed by atoms with Crippen molar-refractivity contribution < 1.29 is 0 Å². The average Bonchev–Trinajstić information content (AvgIpc) is 1.85. The molecule has 0 aliphatic rings. The third-order valence-corrected chi connectivity index (χ3v) is 1.50. The van der Waals surface area contributed by atoms with Gasteiger partial charge in [-0.3, -0.25) is 4.98 Å². The number of pyridine rings is 1. The van der Waals surface area contributed by atoms with E-state index in [1.807, 2.05) is 19.9 Å². The van der Waals surface area contributed by atoms with Gasteiger partial charge in [0.15, 0.2) is 0 Å². The van der Waals surface area contributed by atoms with Gasteiger partial charge in [0.05, 0.1) is 17.6 Å². The van der Waals surface area contributed by atoms with Gasteiger partial charge in [0.25, 0.3) is 0 Å². The third-order valence-electron chi connectivity index (χ3n) is 1.50. The third kappa shape index (κ3) is 1.58. The zero-order chi connectivity index (χ0) is 8.43. The molecule has 0 saturated heterocycles. The lowest BCUT2D eigenvalue weighted by Crippen LogP contribution is -1.93. The molecule has 0 aliphatic carbocycles. The Morgan fingerprint density at radius 2 is 2.27 bits per heavy atom. The minimum atomic E-state index is 0.701. The average molecular weight is 148 g/mol. The lowest BCUT2D eigenvalue weighted by Gasteiger charge is -2.03. The number of rotatable bonds is 1. The van der Waals surface area contributed by atoms with Gasteiger partial charge in [0.1, 0.15) is 0 Å². The summed E-state index contributed by atoms with van der Waals surface area (Å²) in [7, 11) is 0. The number of aromatic nitrogens is 1. The highest BCUT2D eigenvalue weighted by atomic mass is 14.7. The Kier molecular flexibility index (Phi) is 1.94. The van der Waals surface area contributed by atoms with E-state index < -0.39 is 0 Å². The Morgan fingerprint density at radius 1 is 1.64 bits per heavy atom. The van der Waals surface area contributed by atoms with Crippen LogP contribution in [0.1, 0.15) is 18.2 Å². The van der Waals surface area contributed by atoms with Crippen LogP contribution in [0.25, 0.3) is 5.57 Å². The van der Waals surface area contributed by atoms with Gasteiger partial charge in [0, 0.05) is 0 Å². The van der Waals surface area contributed by atoms with E-state index in [2.05, 4.69) is 11.6 Å². The maximum atomic E-state index is 5.54. The summed E-state index contributed by atoms with van der Waals surface area (Å²) in [6.07, 6.45) is 1.65. The fraction of sp³-hybridized carbons (Fsp3) is 0.222. The highest BCUT2D eigenvalue weighted by Crippen LogP contribution is 2.15. The fourth-order valence-electron chi connectivity index (χ4n) is 1.04. The van der Waals surface area contributed by atoms with Gasteiger partial charge in [-0.05, 0) is 31.1 Å². The summed E-state index contributed by atoms with van der Waals surface area (Å²) in [4.78, 5) is 4.15. The first-order valence-electron chi connectivity index (χ1n) is 3.49. The van der Waals surface area contributed by atoms with Crippen molar-refractivity contribution in [1.82, 2.24) is 4.98 Å². The summed E-state index contributed by atoms with van der Waals surface area (Å²) in [6.45, 7) is 7.73. The van der Waals surface area contributed by atoms with Crippen molar-refractivity contribution >= 4 is 11.3 Å². The van der Waals surface area contributed by atoms with Crippen molar-refractivity contribution in [1.29, 1.82) is 0 Å². The zero-order valence-electron chi connectivity index (χ0n) is 6.89. The summed E-state index contributed by atoms with van der Waals surface area (Å²) in [5, 5.41) is 0. The van der Waals surface area contributed by atoms with Gasteiger partial charge in [0.2, 0.25) is 0 Å². The molecule has 0 amide bonds. The van der Waals surface area contributed by atoms with Crippen LogP contribution in [0, 0.1) is 6.92 Å². The van der Waals surface area contributed by atoms with Crippen LogP contribution in [0.5, 0.6) is 0 Å². The minimum Gasteiger partial charge on any atom is -0.397 e. The Morgan fingerprint density at radius 3 is 2.73 bits per heavy atom. The van der Waals surface area contributed by atoms with Crippen LogP contribution in [0.4, 0.5) is 5.69 Å². The first kappa shape index (κ1) is 7.79. The SMILES string of the molecule is C=C(C)c1ncc(N)cc1C. The molecule has 0 aliphatic heterocycles. The number of anilines is 1. The largest absolute Gasteiger partial charge is 0.397 e. The van der Waals surface area contributed by atoms with E-state index in [0.29, 0.717) is 5.69 Å². The molecule has 1 rings (SSSR count). The number of nitrogens with zero attached hydrogens (tertiary/aromatic N) is 1. The second-order valence-corrected chi connectivity index (χ2v) is 2.71. The van der Waals surface area contributed by atoms with Crippen LogP contribution < -0.4 is 5.73 Å². The number of nitrogens with two attached hydrogens (primary N) is 1. The van der Waals surface area contributed by atoms with Gasteiger partial charge in [-0.1, -0.05) is 6.58 Å². The van der Waals surface area contributed by atoms with Crippen LogP contribution in [0.3, 0.4) is 0 Å². The van der Waals surface area contributed by atoms with E-state index in [-0.39, 0.29) is 0 Å². The van der Waals surface area contributed by atoms with Crippen molar-refractivity contribution in [2.45, 2.75) is 13.8 Å². The summed E-state index contributed by atoms with van der Waals surface area (Å²) >= 11 is 0. The lowest BCUT2D eigenvalue weighted by atomic mass is 10.1. The van der Waals surface area contributed by atoms with E-state index in [4.69, 9.17) is 5.73 Å². The quantitative estimate of drug-likeness (QED) is 0.661. The normalized spacial score (nSPS) is 9.64. The number of nitrogen functional groups attached to an aromatic ring is 1. The van der Waals surface area contributed by atoms with Crippen LogP contribution in [-0.4, -0.2) is 4.98 Å². The molecule has 0 atom stereocenters. The van der Waals surface area contributed by atoms with Crippen LogP contribution in [0.2, 0.25) is 0 Å². The molecule has 0 unspecified atom stereocenters. The number of hydrogen-bond acceptors (Lipinski definition) is 2. The zero-order valence-corrected chi connectivity index (χ0v) is 6.89. The molecule has 0 fully saturated rings. The van der Waals surface area contributed by atoms with Crippen molar-refractivity contribution in [3.8, 4) is 0 Å². The second kappa shape index (κ2) is 2.74. The van der Waals surface area contributed by atoms with Gasteiger partial charge in [-0.2, -0.15) is 0 Å². The maximum Gasteiger partial charge on any atom is 0.0683 e. The Labute approximate surface area is 66.8 Å². The smallest absolute Gasteiger partial charge is 0.0683 e. The molecule has 2 nitrogen and oxygen atoms in total. The molecule has 0 bridgehead atoms. The Bertz CT molecular complexity index is 290. The highest BCUT2D eigenvalue weighted by Gasteiger charge is 1.99. The molecule has 2 heteroatoms. The molecule has 0 spiro atoms. The highest BCUT2D eigenvalue weighted by molar-refractivity contribution is 5.62. The first-order chi connectivity index (χ1) is 5.11. The second-order valence-electron chi connectivity index (χ2n) is 2.71. The maximum absolute atomic E-state index is 5.54. The monoisotopic (exact) mass is 148 g/mol. The first-order valence-corrected chi connectivity index (χ1v) is 3.49. The van der Waals surface area contributed by atoms with Gasteiger partial charge in [-0.15, -0.1) is 0 Å². The van der Waals surface area contributed by atoms with Crippen LogP contribution in [0.15, 0.2) is 18.8 Å². The fourth-order valence-corrected chi connectivity index (χ4v) is 1.04. The molecule has 0 saturated carbocycles. The topological polar surface area (TPSA) is 38.9 Å². The van der Waals surface area contributed by atoms with E-state index in [9.17, 15) is 0 Å². The van der Waals surface area contributed by atoms with E-state index in [1.54, 1.807) is 6.20 Å². The van der Waals surface area contributed by atoms with Gasteiger partial charge < -0.3 is 5.73 Å². The van der Waals surface area contributed by atoms with Crippen LogP contribution >= 0.6 is 0 Å². The molecule has 0 radical (unpaired) electrons. The van der Waals surface area contributed by atoms with Crippen molar-refractivity contribution in [3.05, 3.63) is 30.1 Å². The van der Waals surface area contributed by atoms with E-state index in [0.717, 1.165) is 16.8 Å². The number of aryl methyl sites for hydroxylation is 1. The van der Waals surface area contributed by atoms with Crippen LogP contribution in [-0.2, 0) is 0 Å². The Balaban J connectivity index is 3.20. The number of hydrogen-bond donors (Lipinski definition) is 1. The molecule has 1 heterocycles. The molecule has 1 aromatic rings. The number of allylic oxidation sites excluding steroid dienone is 1. The molecule has 11 heavy (non-hydrogen) atoms. The van der Waals surface area contributed by atoms with Crippen molar-refractivity contribution in [2.24, 2.45) is 0 Å². The van der Waals surface area contributed by atoms with E-state index >= 15 is 0 Å². The summed E-state index contributed by atoms with van der Waals surface area (Å²) < 4.78 is 0. The van der Waals surface area contributed by atoms with Gasteiger partial charge in [-0.25, -0.2) is 0 Å². The molecule has 0 aromatic carbocycles. The van der Waals surface area contributed by atoms with Crippen molar-refractivity contribution in [3.63, 3.8) is 0 Å². The van der Waals surface area contributed by atoms with E-state index in [1.165, 1.54) is 0 Å². The summed E-state index contributed by atoms with van der Waals surface area (Å²) in [5.74, 6) is 0. The molecule has 2 N–H and O–H groups in total.